The number of rotatable bonds is 7. The Balaban J connectivity index is 2.48. The highest BCUT2D eigenvalue weighted by atomic mass is 32.1. The van der Waals surface area contributed by atoms with E-state index in [1.54, 1.807) is 0 Å². The van der Waals surface area contributed by atoms with E-state index in [2.05, 4.69) is 36.0 Å². The predicted octanol–water partition coefficient (Wildman–Crippen LogP) is 2.98. The molecule has 16 heavy (non-hydrogen) atoms. The van der Waals surface area contributed by atoms with E-state index < -0.39 is 0 Å². The lowest BCUT2D eigenvalue weighted by atomic mass is 10.0. The van der Waals surface area contributed by atoms with Crippen molar-refractivity contribution in [1.29, 1.82) is 0 Å². The Morgan fingerprint density at radius 2 is 2.06 bits per heavy atom. The summed E-state index contributed by atoms with van der Waals surface area (Å²) in [6.45, 7) is 9.92. The van der Waals surface area contributed by atoms with Gasteiger partial charge in [-0.2, -0.15) is 0 Å². The van der Waals surface area contributed by atoms with Gasteiger partial charge in [-0.25, -0.2) is 4.98 Å². The van der Waals surface area contributed by atoms with Gasteiger partial charge in [0.25, 0.3) is 0 Å². The number of hydrogen-bond donors (Lipinski definition) is 1. The summed E-state index contributed by atoms with van der Waals surface area (Å²) in [4.78, 5) is 6.76. The average molecular weight is 241 g/mol. The summed E-state index contributed by atoms with van der Waals surface area (Å²) in [7, 11) is 0. The molecule has 0 amide bonds. The zero-order valence-electron chi connectivity index (χ0n) is 10.6. The van der Waals surface area contributed by atoms with E-state index in [1.807, 2.05) is 0 Å². The van der Waals surface area contributed by atoms with Gasteiger partial charge in [0, 0.05) is 18.5 Å². The maximum atomic E-state index is 5.64. The quantitative estimate of drug-likeness (QED) is 0.798. The van der Waals surface area contributed by atoms with Crippen LogP contribution in [-0.4, -0.2) is 23.0 Å². The van der Waals surface area contributed by atoms with E-state index in [1.165, 1.54) is 30.7 Å². The van der Waals surface area contributed by atoms with Gasteiger partial charge in [-0.05, 0) is 12.5 Å². The van der Waals surface area contributed by atoms with Crippen LogP contribution in [-0.2, 0) is 6.54 Å². The van der Waals surface area contributed by atoms with Crippen molar-refractivity contribution in [1.82, 2.24) is 9.88 Å². The fourth-order valence-electron chi connectivity index (χ4n) is 1.84. The van der Waals surface area contributed by atoms with E-state index >= 15 is 0 Å². The highest BCUT2D eigenvalue weighted by molar-refractivity contribution is 7.13. The minimum absolute atomic E-state index is 0.675. The third-order valence-corrected chi connectivity index (χ3v) is 3.80. The van der Waals surface area contributed by atoms with Crippen LogP contribution in [0.5, 0.6) is 0 Å². The van der Waals surface area contributed by atoms with Crippen molar-refractivity contribution in [2.75, 3.05) is 18.8 Å². The Bertz CT molecular complexity index is 294. The molecule has 1 aromatic heterocycles. The first-order valence-corrected chi connectivity index (χ1v) is 6.99. The molecule has 0 aliphatic rings. The molecule has 0 fully saturated rings. The lowest BCUT2D eigenvalue weighted by molar-refractivity contribution is 0.224. The molecule has 0 bridgehead atoms. The first-order valence-electron chi connectivity index (χ1n) is 6.11. The smallest absolute Gasteiger partial charge is 0.180 e. The third kappa shape index (κ3) is 4.10. The normalized spacial score (nSPS) is 11.6. The largest absolute Gasteiger partial charge is 0.375 e. The molecule has 0 spiro atoms. The Labute approximate surface area is 103 Å². The van der Waals surface area contributed by atoms with Gasteiger partial charge in [-0.1, -0.05) is 33.6 Å². The van der Waals surface area contributed by atoms with Gasteiger partial charge in [0.2, 0.25) is 0 Å². The van der Waals surface area contributed by atoms with E-state index in [9.17, 15) is 0 Å². The van der Waals surface area contributed by atoms with Crippen molar-refractivity contribution in [3.8, 4) is 0 Å². The lowest BCUT2D eigenvalue weighted by Gasteiger charge is -2.24. The Morgan fingerprint density at radius 3 is 2.50 bits per heavy atom. The van der Waals surface area contributed by atoms with Gasteiger partial charge in [0.1, 0.15) is 0 Å². The van der Waals surface area contributed by atoms with Crippen LogP contribution in [0, 0.1) is 5.92 Å². The monoisotopic (exact) mass is 241 g/mol. The maximum absolute atomic E-state index is 5.64. The third-order valence-electron chi connectivity index (χ3n) is 3.07. The van der Waals surface area contributed by atoms with Crippen molar-refractivity contribution in [3.63, 3.8) is 0 Å². The molecule has 1 heterocycles. The number of nitrogen functional groups attached to an aromatic ring is 1. The Kier molecular flexibility index (Phi) is 5.77. The van der Waals surface area contributed by atoms with Gasteiger partial charge >= 0.3 is 0 Å². The molecule has 0 atom stereocenters. The number of thiazole rings is 1. The van der Waals surface area contributed by atoms with Gasteiger partial charge in [-0.15, -0.1) is 11.3 Å². The molecule has 0 radical (unpaired) electrons. The molecule has 1 rings (SSSR count). The van der Waals surface area contributed by atoms with Crippen LogP contribution in [0.25, 0.3) is 0 Å². The molecule has 0 saturated carbocycles. The lowest BCUT2D eigenvalue weighted by Crippen LogP contribution is -2.28. The first kappa shape index (κ1) is 13.5. The van der Waals surface area contributed by atoms with Crippen LogP contribution in [0.3, 0.4) is 0 Å². The fraction of sp³-hybridized carbons (Fsp3) is 0.750. The molecule has 0 unspecified atom stereocenters. The SMILES string of the molecule is CCC(CC)CN(CC)Cc1csc(N)n1. The van der Waals surface area contributed by atoms with E-state index in [0.717, 1.165) is 24.7 Å². The topological polar surface area (TPSA) is 42.1 Å². The fourth-order valence-corrected chi connectivity index (χ4v) is 2.40. The van der Waals surface area contributed by atoms with Crippen LogP contribution in [0.1, 0.15) is 39.3 Å². The molecule has 0 aliphatic heterocycles. The highest BCUT2D eigenvalue weighted by Gasteiger charge is 2.11. The summed E-state index contributed by atoms with van der Waals surface area (Å²) in [6.07, 6.45) is 2.51. The first-order chi connectivity index (χ1) is 7.69. The van der Waals surface area contributed by atoms with Crippen molar-refractivity contribution < 1.29 is 0 Å². The molecule has 92 valence electrons. The van der Waals surface area contributed by atoms with E-state index in [4.69, 9.17) is 5.73 Å². The average Bonchev–Trinajstić information content (AvgIpc) is 2.70. The highest BCUT2D eigenvalue weighted by Crippen LogP contribution is 2.15. The zero-order chi connectivity index (χ0) is 12.0. The zero-order valence-corrected chi connectivity index (χ0v) is 11.4. The van der Waals surface area contributed by atoms with Gasteiger partial charge in [0.15, 0.2) is 5.13 Å². The minimum Gasteiger partial charge on any atom is -0.375 e. The second kappa shape index (κ2) is 6.86. The van der Waals surface area contributed by atoms with Gasteiger partial charge < -0.3 is 5.73 Å². The summed E-state index contributed by atoms with van der Waals surface area (Å²) >= 11 is 1.53. The Morgan fingerprint density at radius 1 is 1.38 bits per heavy atom. The minimum atomic E-state index is 0.675. The van der Waals surface area contributed by atoms with Gasteiger partial charge in [0.05, 0.1) is 5.69 Å². The summed E-state index contributed by atoms with van der Waals surface area (Å²) in [6, 6.07) is 0. The molecule has 0 aromatic carbocycles. The van der Waals surface area contributed by atoms with E-state index in [0.29, 0.717) is 5.13 Å². The molecule has 3 nitrogen and oxygen atoms in total. The molecule has 0 aliphatic carbocycles. The van der Waals surface area contributed by atoms with Gasteiger partial charge in [-0.3, -0.25) is 4.90 Å². The van der Waals surface area contributed by atoms with Crippen LogP contribution < -0.4 is 5.73 Å². The summed E-state index contributed by atoms with van der Waals surface area (Å²) in [5.74, 6) is 0.802. The summed E-state index contributed by atoms with van der Waals surface area (Å²) in [5.41, 5.74) is 6.75. The summed E-state index contributed by atoms with van der Waals surface area (Å²) in [5, 5.41) is 2.74. The van der Waals surface area contributed by atoms with Crippen LogP contribution in [0.2, 0.25) is 0 Å². The Hall–Kier alpha value is -0.610. The van der Waals surface area contributed by atoms with Crippen LogP contribution in [0.15, 0.2) is 5.38 Å². The van der Waals surface area contributed by atoms with E-state index in [-0.39, 0.29) is 0 Å². The van der Waals surface area contributed by atoms with Crippen LogP contribution in [0.4, 0.5) is 5.13 Å². The number of nitrogens with zero attached hydrogens (tertiary/aromatic N) is 2. The second-order valence-corrected chi connectivity index (χ2v) is 5.08. The standard InChI is InChI=1S/C12H23N3S/c1-4-10(5-2)7-15(6-3)8-11-9-16-12(13)14-11/h9-10H,4-8H2,1-3H3,(H2,13,14). The predicted molar refractivity (Wildman–Crippen MR) is 71.5 cm³/mol. The van der Waals surface area contributed by atoms with Crippen molar-refractivity contribution in [3.05, 3.63) is 11.1 Å². The summed E-state index contributed by atoms with van der Waals surface area (Å²) < 4.78 is 0. The number of anilines is 1. The van der Waals surface area contributed by atoms with Crippen molar-refractivity contribution in [2.24, 2.45) is 5.92 Å². The molecular formula is C12H23N3S. The van der Waals surface area contributed by atoms with Crippen molar-refractivity contribution >= 4 is 16.5 Å². The maximum Gasteiger partial charge on any atom is 0.180 e. The molecule has 4 heteroatoms. The number of hydrogen-bond acceptors (Lipinski definition) is 4. The number of nitrogens with two attached hydrogens (primary N) is 1. The van der Waals surface area contributed by atoms with Crippen LogP contribution >= 0.6 is 11.3 Å². The van der Waals surface area contributed by atoms with Crippen molar-refractivity contribution in [2.45, 2.75) is 40.2 Å². The number of aromatic nitrogens is 1. The molecular weight excluding hydrogens is 218 g/mol. The molecule has 1 aromatic rings. The molecule has 2 N–H and O–H groups in total. The second-order valence-electron chi connectivity index (χ2n) is 4.19. The molecule has 0 saturated heterocycles.